The van der Waals surface area contributed by atoms with Crippen molar-refractivity contribution in [2.45, 2.75) is 19.3 Å². The monoisotopic (exact) mass is 248 g/mol. The molecule has 0 unspecified atom stereocenters. The molecule has 0 amide bonds. The number of rotatable bonds is 7. The van der Waals surface area contributed by atoms with Gasteiger partial charge in [-0.2, -0.15) is 8.42 Å². The molecule has 4 nitrogen and oxygen atoms in total. The smallest absolute Gasteiger partial charge is 0.264 e. The Morgan fingerprint density at radius 3 is 2.80 bits per heavy atom. The second kappa shape index (κ2) is 6.09. The van der Waals surface area contributed by atoms with Gasteiger partial charge in [0, 0.05) is 11.4 Å². The van der Waals surface area contributed by atoms with Gasteiger partial charge < -0.3 is 4.74 Å². The third-order valence-corrected chi connectivity index (χ3v) is 3.05. The minimum absolute atomic E-state index is 0.175. The van der Waals surface area contributed by atoms with Crippen LogP contribution < -0.4 is 4.74 Å². The van der Waals surface area contributed by atoms with Crippen molar-refractivity contribution in [1.29, 1.82) is 0 Å². The molecular formula is C9H12O4S2. The van der Waals surface area contributed by atoms with Crippen LogP contribution in [-0.4, -0.2) is 25.3 Å². The van der Waals surface area contributed by atoms with Crippen molar-refractivity contribution in [2.24, 2.45) is 0 Å². The van der Waals surface area contributed by atoms with E-state index in [2.05, 4.69) is 10.8 Å². The Balaban J connectivity index is 1.99. The van der Waals surface area contributed by atoms with Crippen LogP contribution in [0.2, 0.25) is 0 Å². The molecule has 0 fully saturated rings. The largest absolute Gasteiger partial charge is 0.492 e. The highest BCUT2D eigenvalue weighted by Crippen LogP contribution is 2.13. The normalized spacial score (nSPS) is 11.5. The highest BCUT2D eigenvalue weighted by molar-refractivity contribution is 7.85. The van der Waals surface area contributed by atoms with Crippen LogP contribution >= 0.6 is 11.3 Å². The van der Waals surface area contributed by atoms with E-state index in [0.717, 1.165) is 6.42 Å². The number of ether oxygens (including phenoxy) is 1. The first-order chi connectivity index (χ1) is 7.08. The van der Waals surface area contributed by atoms with Crippen LogP contribution in [0, 0.1) is 10.8 Å². The van der Waals surface area contributed by atoms with Crippen molar-refractivity contribution in [2.75, 3.05) is 12.4 Å². The van der Waals surface area contributed by atoms with Crippen molar-refractivity contribution < 1.29 is 17.7 Å². The van der Waals surface area contributed by atoms with Gasteiger partial charge in [0.1, 0.15) is 5.75 Å². The second-order valence-corrected chi connectivity index (χ2v) is 5.24. The summed E-state index contributed by atoms with van der Waals surface area (Å²) in [5.74, 6) is 0.500. The minimum Gasteiger partial charge on any atom is -0.492 e. The molecule has 0 aromatic carbocycles. The first-order valence-corrected chi connectivity index (χ1v) is 6.96. The fraction of sp³-hybridized carbons (Fsp3) is 0.556. The zero-order valence-electron chi connectivity index (χ0n) is 8.10. The average Bonchev–Trinajstić information content (AvgIpc) is 2.61. The summed E-state index contributed by atoms with van der Waals surface area (Å²) < 4.78 is 34.5. The van der Waals surface area contributed by atoms with Gasteiger partial charge in [-0.05, 0) is 19.3 Å². The fourth-order valence-electron chi connectivity index (χ4n) is 1.01. The van der Waals surface area contributed by atoms with Gasteiger partial charge in [0.05, 0.1) is 17.7 Å². The summed E-state index contributed by atoms with van der Waals surface area (Å²) in [5, 5.41) is 5.73. The van der Waals surface area contributed by atoms with E-state index in [9.17, 15) is 8.42 Å². The lowest BCUT2D eigenvalue weighted by Gasteiger charge is -2.02. The van der Waals surface area contributed by atoms with Gasteiger partial charge >= 0.3 is 0 Å². The van der Waals surface area contributed by atoms with Crippen LogP contribution in [0.15, 0.2) is 6.07 Å². The molecule has 2 radical (unpaired) electrons. The molecule has 0 saturated carbocycles. The van der Waals surface area contributed by atoms with Crippen LogP contribution in [0.1, 0.15) is 19.3 Å². The van der Waals surface area contributed by atoms with Gasteiger partial charge in [-0.1, -0.05) is 0 Å². The van der Waals surface area contributed by atoms with E-state index in [1.165, 1.54) is 11.3 Å². The maximum Gasteiger partial charge on any atom is 0.264 e. The Labute approximate surface area is 93.6 Å². The van der Waals surface area contributed by atoms with Gasteiger partial charge in [0.25, 0.3) is 10.1 Å². The van der Waals surface area contributed by atoms with Gasteiger partial charge in [-0.3, -0.25) is 4.55 Å². The summed E-state index contributed by atoms with van der Waals surface area (Å²) in [4.78, 5) is 0. The van der Waals surface area contributed by atoms with E-state index in [-0.39, 0.29) is 5.75 Å². The van der Waals surface area contributed by atoms with Crippen molar-refractivity contribution in [3.8, 4) is 5.75 Å². The molecule has 0 atom stereocenters. The third-order valence-electron chi connectivity index (χ3n) is 1.70. The molecule has 1 aromatic rings. The maximum absolute atomic E-state index is 10.4. The zero-order chi connectivity index (χ0) is 11.1. The van der Waals surface area contributed by atoms with Gasteiger partial charge in [0.2, 0.25) is 0 Å². The molecule has 1 aromatic heterocycles. The fourth-order valence-corrected chi connectivity index (χ4v) is 2.02. The Hall–Kier alpha value is -0.590. The summed E-state index contributed by atoms with van der Waals surface area (Å²) in [6.45, 7) is 0.534. The Kier molecular flexibility index (Phi) is 5.07. The van der Waals surface area contributed by atoms with E-state index in [0.29, 0.717) is 25.2 Å². The third kappa shape index (κ3) is 6.48. The summed E-state index contributed by atoms with van der Waals surface area (Å²) in [7, 11) is -3.80. The van der Waals surface area contributed by atoms with Crippen molar-refractivity contribution in [1.82, 2.24) is 0 Å². The first-order valence-electron chi connectivity index (χ1n) is 4.53. The van der Waals surface area contributed by atoms with Crippen LogP contribution in [0.5, 0.6) is 5.75 Å². The van der Waals surface area contributed by atoms with Gasteiger partial charge in [-0.15, -0.1) is 11.3 Å². The molecule has 0 aliphatic carbocycles. The highest BCUT2D eigenvalue weighted by atomic mass is 32.2. The number of unbranched alkanes of at least 4 members (excludes halogenated alkanes) is 2. The zero-order valence-corrected chi connectivity index (χ0v) is 9.73. The van der Waals surface area contributed by atoms with Crippen LogP contribution in [-0.2, 0) is 10.1 Å². The molecule has 6 heteroatoms. The topological polar surface area (TPSA) is 63.6 Å². The van der Waals surface area contributed by atoms with Crippen LogP contribution in [0.4, 0.5) is 0 Å². The molecular weight excluding hydrogens is 236 g/mol. The van der Waals surface area contributed by atoms with E-state index in [4.69, 9.17) is 9.29 Å². The lowest BCUT2D eigenvalue weighted by Crippen LogP contribution is -2.04. The molecule has 0 bridgehead atoms. The highest BCUT2D eigenvalue weighted by Gasteiger charge is 2.03. The molecule has 0 aliphatic heterocycles. The van der Waals surface area contributed by atoms with Gasteiger partial charge in [-0.25, -0.2) is 0 Å². The quantitative estimate of drug-likeness (QED) is 0.590. The number of hydrogen-bond donors (Lipinski definition) is 1. The molecule has 0 saturated heterocycles. The van der Waals surface area contributed by atoms with E-state index >= 15 is 0 Å². The molecule has 84 valence electrons. The van der Waals surface area contributed by atoms with E-state index in [1.807, 2.05) is 0 Å². The molecule has 15 heavy (non-hydrogen) atoms. The molecule has 1 N–H and O–H groups in total. The van der Waals surface area contributed by atoms with Crippen molar-refractivity contribution in [3.63, 3.8) is 0 Å². The lowest BCUT2D eigenvalue weighted by atomic mass is 10.3. The second-order valence-electron chi connectivity index (χ2n) is 3.03. The summed E-state index contributed by atoms with van der Waals surface area (Å²) in [6, 6.07) is 1.71. The lowest BCUT2D eigenvalue weighted by molar-refractivity contribution is 0.307. The van der Waals surface area contributed by atoms with Gasteiger partial charge in [0.15, 0.2) is 0 Å². The standard InChI is InChI=1S/C9H12O4S2/c10-15(11,12)7-3-1-2-5-13-9-4-6-14-8-9/h4H,1-3,5,7H2,(H,10,11,12). The maximum atomic E-state index is 10.4. The minimum atomic E-state index is -3.80. The average molecular weight is 248 g/mol. The SMILES string of the molecule is O=S(=O)(O)CCCCCOc1[c]s[c]c1. The van der Waals surface area contributed by atoms with Crippen molar-refractivity contribution in [3.05, 3.63) is 16.8 Å². The Morgan fingerprint density at radius 1 is 1.40 bits per heavy atom. The van der Waals surface area contributed by atoms with Crippen LogP contribution in [0.25, 0.3) is 0 Å². The Bertz CT molecular complexity index is 355. The predicted molar refractivity (Wildman–Crippen MR) is 57.8 cm³/mol. The van der Waals surface area contributed by atoms with Crippen LogP contribution in [0.3, 0.4) is 0 Å². The molecule has 0 aliphatic rings. The first kappa shape index (κ1) is 12.5. The molecule has 0 spiro atoms. The number of thiophene rings is 1. The van der Waals surface area contributed by atoms with Crippen molar-refractivity contribution >= 4 is 21.5 Å². The predicted octanol–water partition coefficient (Wildman–Crippen LogP) is 1.79. The van der Waals surface area contributed by atoms with E-state index < -0.39 is 10.1 Å². The molecule has 1 heterocycles. The Morgan fingerprint density at radius 2 is 2.20 bits per heavy atom. The van der Waals surface area contributed by atoms with E-state index in [1.54, 1.807) is 6.07 Å². The summed E-state index contributed by atoms with van der Waals surface area (Å²) >= 11 is 1.32. The number of hydrogen-bond acceptors (Lipinski definition) is 4. The molecule has 1 rings (SSSR count). The summed E-state index contributed by atoms with van der Waals surface area (Å²) in [6.07, 6.45) is 1.94. The summed E-state index contributed by atoms with van der Waals surface area (Å²) in [5.41, 5.74) is 0.